The van der Waals surface area contributed by atoms with Crippen molar-refractivity contribution in [2.24, 2.45) is 0 Å². The van der Waals surface area contributed by atoms with Gasteiger partial charge in [-0.05, 0) is 12.8 Å². The van der Waals surface area contributed by atoms with Crippen LogP contribution in [0.3, 0.4) is 0 Å². The summed E-state index contributed by atoms with van der Waals surface area (Å²) in [5.74, 6) is 1.61. The van der Waals surface area contributed by atoms with E-state index in [-0.39, 0.29) is 25.2 Å². The van der Waals surface area contributed by atoms with Crippen LogP contribution in [-0.2, 0) is 9.53 Å². The number of likely N-dealkylation sites (tertiary alicyclic amines) is 1. The van der Waals surface area contributed by atoms with Crippen molar-refractivity contribution in [2.45, 2.75) is 31.8 Å². The van der Waals surface area contributed by atoms with Crippen molar-refractivity contribution in [2.75, 3.05) is 26.2 Å². The van der Waals surface area contributed by atoms with Gasteiger partial charge in [0.25, 0.3) is 0 Å². The Kier molecular flexibility index (Phi) is 6.75. The van der Waals surface area contributed by atoms with Crippen LogP contribution >= 0.6 is 0 Å². The van der Waals surface area contributed by atoms with Gasteiger partial charge >= 0.3 is 12.0 Å². The Morgan fingerprint density at radius 2 is 2.11 bits per heavy atom. The van der Waals surface area contributed by atoms with Crippen LogP contribution in [0, 0.1) is 12.3 Å². The lowest BCUT2D eigenvalue weighted by atomic mass is 10.1. The van der Waals surface area contributed by atoms with E-state index in [2.05, 4.69) is 11.2 Å². The average Bonchev–Trinajstić information content (AvgIpc) is 2.39. The van der Waals surface area contributed by atoms with Crippen molar-refractivity contribution in [1.29, 1.82) is 0 Å². The number of terminal acetylenes is 1. The molecule has 0 unspecified atom stereocenters. The molecular weight excluding hydrogens is 248 g/mol. The molecule has 0 radical (unpaired) electrons. The summed E-state index contributed by atoms with van der Waals surface area (Å²) in [6, 6.07) is -0.0979. The average molecular weight is 268 g/mol. The minimum atomic E-state index is -0.856. The molecule has 0 spiro atoms. The molecule has 1 aliphatic rings. The molecule has 106 valence electrons. The molecule has 2 amide bonds. The maximum absolute atomic E-state index is 11.7. The number of carbonyl (C=O) groups is 2. The highest BCUT2D eigenvalue weighted by Gasteiger charge is 2.22. The van der Waals surface area contributed by atoms with E-state index in [1.165, 1.54) is 0 Å². The molecule has 1 rings (SSSR count). The van der Waals surface area contributed by atoms with E-state index in [9.17, 15) is 9.59 Å². The first-order chi connectivity index (χ1) is 9.13. The predicted octanol–water partition coefficient (Wildman–Crippen LogP) is 0.675. The van der Waals surface area contributed by atoms with Gasteiger partial charge < -0.3 is 20.1 Å². The van der Waals surface area contributed by atoms with Crippen molar-refractivity contribution < 1.29 is 19.4 Å². The predicted molar refractivity (Wildman–Crippen MR) is 69.6 cm³/mol. The molecule has 19 heavy (non-hydrogen) atoms. The topological polar surface area (TPSA) is 78.9 Å². The lowest BCUT2D eigenvalue weighted by Crippen LogP contribution is -2.46. The SMILES string of the molecule is C#CCCNC(=O)N1CCC(OCCC(=O)O)CC1. The minimum Gasteiger partial charge on any atom is -0.481 e. The van der Waals surface area contributed by atoms with Gasteiger partial charge in [-0.25, -0.2) is 4.79 Å². The summed E-state index contributed by atoms with van der Waals surface area (Å²) in [5.41, 5.74) is 0. The van der Waals surface area contributed by atoms with E-state index in [4.69, 9.17) is 16.3 Å². The van der Waals surface area contributed by atoms with Gasteiger partial charge in [-0.3, -0.25) is 4.79 Å². The van der Waals surface area contributed by atoms with Gasteiger partial charge in [0.05, 0.1) is 19.1 Å². The number of piperidine rings is 1. The monoisotopic (exact) mass is 268 g/mol. The number of rotatable bonds is 6. The van der Waals surface area contributed by atoms with E-state index in [0.29, 0.717) is 26.1 Å². The van der Waals surface area contributed by atoms with Crippen LogP contribution in [0.4, 0.5) is 4.79 Å². The van der Waals surface area contributed by atoms with Gasteiger partial charge in [0.2, 0.25) is 0 Å². The first-order valence-corrected chi connectivity index (χ1v) is 6.43. The van der Waals surface area contributed by atoms with Crippen LogP contribution in [-0.4, -0.2) is 54.4 Å². The number of urea groups is 1. The first-order valence-electron chi connectivity index (χ1n) is 6.43. The third-order valence-corrected chi connectivity index (χ3v) is 2.94. The summed E-state index contributed by atoms with van der Waals surface area (Å²) in [4.78, 5) is 23.8. The van der Waals surface area contributed by atoms with Crippen molar-refractivity contribution >= 4 is 12.0 Å². The Hall–Kier alpha value is -1.74. The number of amides is 2. The van der Waals surface area contributed by atoms with Gasteiger partial charge in [-0.15, -0.1) is 12.3 Å². The Labute approximate surface area is 113 Å². The maximum Gasteiger partial charge on any atom is 0.317 e. The lowest BCUT2D eigenvalue weighted by molar-refractivity contribution is -0.138. The highest BCUT2D eigenvalue weighted by Crippen LogP contribution is 2.13. The van der Waals surface area contributed by atoms with Crippen LogP contribution in [0.5, 0.6) is 0 Å². The number of ether oxygens (including phenoxy) is 1. The van der Waals surface area contributed by atoms with Crippen molar-refractivity contribution in [3.63, 3.8) is 0 Å². The largest absolute Gasteiger partial charge is 0.481 e. The van der Waals surface area contributed by atoms with Crippen LogP contribution < -0.4 is 5.32 Å². The van der Waals surface area contributed by atoms with E-state index in [1.807, 2.05) is 0 Å². The van der Waals surface area contributed by atoms with Gasteiger partial charge in [0.1, 0.15) is 0 Å². The van der Waals surface area contributed by atoms with Crippen molar-refractivity contribution in [3.05, 3.63) is 0 Å². The minimum absolute atomic E-state index is 0.0206. The molecule has 0 aromatic carbocycles. The summed E-state index contributed by atoms with van der Waals surface area (Å²) < 4.78 is 5.45. The molecule has 1 saturated heterocycles. The molecule has 0 aliphatic carbocycles. The third-order valence-electron chi connectivity index (χ3n) is 2.94. The zero-order valence-electron chi connectivity index (χ0n) is 10.9. The Morgan fingerprint density at radius 3 is 2.68 bits per heavy atom. The van der Waals surface area contributed by atoms with Crippen LogP contribution in [0.1, 0.15) is 25.7 Å². The molecule has 0 bridgehead atoms. The molecule has 1 aliphatic heterocycles. The third kappa shape index (κ3) is 6.11. The van der Waals surface area contributed by atoms with Crippen molar-refractivity contribution in [3.8, 4) is 12.3 Å². The normalized spacial score (nSPS) is 15.8. The summed E-state index contributed by atoms with van der Waals surface area (Å²) in [5, 5.41) is 11.3. The molecular formula is C13H20N2O4. The van der Waals surface area contributed by atoms with Crippen molar-refractivity contribution in [1.82, 2.24) is 10.2 Å². The second-order valence-corrected chi connectivity index (χ2v) is 4.39. The van der Waals surface area contributed by atoms with Gasteiger partial charge in [-0.2, -0.15) is 0 Å². The lowest BCUT2D eigenvalue weighted by Gasteiger charge is -2.31. The van der Waals surface area contributed by atoms with Crippen LogP contribution in [0.15, 0.2) is 0 Å². The van der Waals surface area contributed by atoms with E-state index < -0.39 is 5.97 Å². The smallest absolute Gasteiger partial charge is 0.317 e. The van der Waals surface area contributed by atoms with Crippen LogP contribution in [0.2, 0.25) is 0 Å². The van der Waals surface area contributed by atoms with Gasteiger partial charge in [-0.1, -0.05) is 0 Å². The Morgan fingerprint density at radius 1 is 1.42 bits per heavy atom. The number of carboxylic acids is 1. The fourth-order valence-corrected chi connectivity index (χ4v) is 1.89. The summed E-state index contributed by atoms with van der Waals surface area (Å²) in [6.07, 6.45) is 7.18. The Balaban J connectivity index is 2.16. The number of hydrogen-bond donors (Lipinski definition) is 2. The summed E-state index contributed by atoms with van der Waals surface area (Å²) >= 11 is 0. The van der Waals surface area contributed by atoms with Gasteiger partial charge in [0.15, 0.2) is 0 Å². The number of nitrogens with one attached hydrogen (secondary N) is 1. The molecule has 2 N–H and O–H groups in total. The fourth-order valence-electron chi connectivity index (χ4n) is 1.89. The Bertz CT molecular complexity index is 343. The molecule has 0 aromatic heterocycles. The number of aliphatic carboxylic acids is 1. The van der Waals surface area contributed by atoms with Gasteiger partial charge in [0, 0.05) is 26.1 Å². The molecule has 6 heteroatoms. The number of carboxylic acid groups (broad SMARTS) is 1. The maximum atomic E-state index is 11.7. The number of carbonyl (C=O) groups excluding carboxylic acids is 1. The molecule has 1 fully saturated rings. The molecule has 0 saturated carbocycles. The highest BCUT2D eigenvalue weighted by atomic mass is 16.5. The molecule has 1 heterocycles. The second-order valence-electron chi connectivity index (χ2n) is 4.39. The summed E-state index contributed by atoms with van der Waals surface area (Å²) in [6.45, 7) is 1.97. The van der Waals surface area contributed by atoms with E-state index >= 15 is 0 Å². The number of nitrogens with zero attached hydrogens (tertiary/aromatic N) is 1. The fraction of sp³-hybridized carbons (Fsp3) is 0.692. The number of hydrogen-bond acceptors (Lipinski definition) is 3. The quantitative estimate of drug-likeness (QED) is 0.548. The summed E-state index contributed by atoms with van der Waals surface area (Å²) in [7, 11) is 0. The first kappa shape index (κ1) is 15.3. The standard InChI is InChI=1S/C13H20N2O4/c1-2-3-7-14-13(18)15-8-4-11(5-9-15)19-10-6-12(16)17/h1,11H,3-10H2,(H,14,18)(H,16,17). The van der Waals surface area contributed by atoms with E-state index in [0.717, 1.165) is 12.8 Å². The molecule has 0 aromatic rings. The molecule has 6 nitrogen and oxygen atoms in total. The molecule has 0 atom stereocenters. The zero-order chi connectivity index (χ0) is 14.1. The zero-order valence-corrected chi connectivity index (χ0v) is 10.9. The van der Waals surface area contributed by atoms with Crippen LogP contribution in [0.25, 0.3) is 0 Å². The highest BCUT2D eigenvalue weighted by molar-refractivity contribution is 5.74. The second kappa shape index (κ2) is 8.38. The van der Waals surface area contributed by atoms with E-state index in [1.54, 1.807) is 4.90 Å².